The largest absolute Gasteiger partial charge is 0.491 e. The molecular weight excluding hydrogens is 404 g/mol. The number of rotatable bonds is 7. The van der Waals surface area contributed by atoms with Crippen LogP contribution in [0.1, 0.15) is 35.5 Å². The van der Waals surface area contributed by atoms with Crippen molar-refractivity contribution in [2.45, 2.75) is 43.2 Å². The number of carbonyl (C=O) groups is 1. The molecule has 0 aliphatic heterocycles. The Kier molecular flexibility index (Phi) is 6.33. The molecule has 0 aliphatic rings. The minimum atomic E-state index is -0.116. The van der Waals surface area contributed by atoms with E-state index in [1.165, 1.54) is 0 Å². The maximum atomic E-state index is 13.1. The molecule has 31 heavy (non-hydrogen) atoms. The van der Waals surface area contributed by atoms with Gasteiger partial charge in [0, 0.05) is 22.3 Å². The van der Waals surface area contributed by atoms with Crippen LogP contribution in [-0.2, 0) is 6.54 Å². The van der Waals surface area contributed by atoms with Crippen molar-refractivity contribution in [3.8, 4) is 5.75 Å². The van der Waals surface area contributed by atoms with Crippen LogP contribution in [0.5, 0.6) is 5.75 Å². The summed E-state index contributed by atoms with van der Waals surface area (Å²) in [6.45, 7) is 6.50. The first-order valence-electron chi connectivity index (χ1n) is 10.4. The minimum absolute atomic E-state index is 0.116. The fraction of sp³-hybridized carbons (Fsp3) is 0.192. The summed E-state index contributed by atoms with van der Waals surface area (Å²) < 4.78 is 5.68. The van der Waals surface area contributed by atoms with Crippen molar-refractivity contribution in [1.82, 2.24) is 10.3 Å². The standard InChI is InChI=1S/C26H26N2O2S/c1-17(2)30-20-12-10-19(11-13-20)16-27-26(29)24-25(31-21-7-5-4-6-8-21)22-14-9-18(3)15-23(22)28-24/h4-15,17,28H,16H2,1-3H3,(H,27,29). The first-order valence-corrected chi connectivity index (χ1v) is 11.2. The topological polar surface area (TPSA) is 54.1 Å². The van der Waals surface area contributed by atoms with Crippen LogP contribution in [0.4, 0.5) is 0 Å². The molecule has 4 aromatic rings. The lowest BCUT2D eigenvalue weighted by Gasteiger charge is -2.10. The second kappa shape index (κ2) is 9.31. The second-order valence-electron chi connectivity index (χ2n) is 7.79. The summed E-state index contributed by atoms with van der Waals surface area (Å²) in [5, 5.41) is 4.11. The van der Waals surface area contributed by atoms with Crippen LogP contribution in [0, 0.1) is 6.92 Å². The molecule has 3 aromatic carbocycles. The number of aryl methyl sites for hydroxylation is 1. The first kappa shape index (κ1) is 21.1. The van der Waals surface area contributed by atoms with E-state index in [0.717, 1.165) is 37.6 Å². The van der Waals surface area contributed by atoms with Gasteiger partial charge in [-0.05, 0) is 62.2 Å². The maximum absolute atomic E-state index is 13.1. The lowest BCUT2D eigenvalue weighted by molar-refractivity contribution is 0.0944. The molecule has 0 radical (unpaired) electrons. The SMILES string of the molecule is Cc1ccc2c(Sc3ccccc3)c(C(=O)NCc3ccc(OC(C)C)cc3)[nH]c2c1. The average Bonchev–Trinajstić information content (AvgIpc) is 3.11. The summed E-state index contributed by atoms with van der Waals surface area (Å²) >= 11 is 1.61. The van der Waals surface area contributed by atoms with Gasteiger partial charge in [0.05, 0.1) is 11.0 Å². The molecule has 1 amide bonds. The van der Waals surface area contributed by atoms with Gasteiger partial charge in [0.1, 0.15) is 11.4 Å². The van der Waals surface area contributed by atoms with Gasteiger partial charge in [-0.1, -0.05) is 54.2 Å². The Labute approximate surface area is 187 Å². The van der Waals surface area contributed by atoms with Crippen molar-refractivity contribution in [2.75, 3.05) is 0 Å². The number of aromatic nitrogens is 1. The van der Waals surface area contributed by atoms with Crippen molar-refractivity contribution in [2.24, 2.45) is 0 Å². The van der Waals surface area contributed by atoms with Gasteiger partial charge in [0.2, 0.25) is 0 Å². The third-order valence-corrected chi connectivity index (χ3v) is 5.98. The van der Waals surface area contributed by atoms with Gasteiger partial charge in [-0.15, -0.1) is 0 Å². The number of fused-ring (bicyclic) bond motifs is 1. The van der Waals surface area contributed by atoms with Gasteiger partial charge in [0.15, 0.2) is 0 Å². The predicted molar refractivity (Wildman–Crippen MR) is 127 cm³/mol. The van der Waals surface area contributed by atoms with E-state index in [9.17, 15) is 4.79 Å². The summed E-state index contributed by atoms with van der Waals surface area (Å²) in [5.41, 5.74) is 3.74. The van der Waals surface area contributed by atoms with Crippen LogP contribution < -0.4 is 10.1 Å². The van der Waals surface area contributed by atoms with E-state index in [-0.39, 0.29) is 12.0 Å². The lowest BCUT2D eigenvalue weighted by atomic mass is 10.2. The van der Waals surface area contributed by atoms with E-state index in [2.05, 4.69) is 47.6 Å². The Balaban J connectivity index is 1.56. The number of carbonyl (C=O) groups excluding carboxylic acids is 1. The van der Waals surface area contributed by atoms with Crippen molar-refractivity contribution < 1.29 is 9.53 Å². The first-order chi connectivity index (χ1) is 15.0. The number of H-pyrrole nitrogens is 1. The predicted octanol–water partition coefficient (Wildman–Crippen LogP) is 6.34. The van der Waals surface area contributed by atoms with Gasteiger partial charge in [0.25, 0.3) is 5.91 Å². The van der Waals surface area contributed by atoms with E-state index in [0.29, 0.717) is 12.2 Å². The van der Waals surface area contributed by atoms with Crippen LogP contribution in [0.15, 0.2) is 82.6 Å². The van der Waals surface area contributed by atoms with E-state index in [4.69, 9.17) is 4.74 Å². The molecule has 0 saturated heterocycles. The summed E-state index contributed by atoms with van der Waals surface area (Å²) in [6.07, 6.45) is 0.136. The molecular formula is C26H26N2O2S. The Morgan fingerprint density at radius 3 is 2.48 bits per heavy atom. The summed E-state index contributed by atoms with van der Waals surface area (Å²) in [6, 6.07) is 24.2. The van der Waals surface area contributed by atoms with Crippen LogP contribution >= 0.6 is 11.8 Å². The highest BCUT2D eigenvalue weighted by Gasteiger charge is 2.19. The number of nitrogens with one attached hydrogen (secondary N) is 2. The summed E-state index contributed by atoms with van der Waals surface area (Å²) in [4.78, 5) is 18.5. The van der Waals surface area contributed by atoms with Crippen LogP contribution in [0.2, 0.25) is 0 Å². The molecule has 0 fully saturated rings. The zero-order chi connectivity index (χ0) is 21.8. The summed E-state index contributed by atoms with van der Waals surface area (Å²) in [7, 11) is 0. The monoisotopic (exact) mass is 430 g/mol. The minimum Gasteiger partial charge on any atom is -0.491 e. The normalized spacial score (nSPS) is 11.1. The molecule has 158 valence electrons. The quantitative estimate of drug-likeness (QED) is 0.359. The van der Waals surface area contributed by atoms with Crippen molar-refractivity contribution >= 4 is 28.6 Å². The van der Waals surface area contributed by atoms with E-state index in [1.807, 2.05) is 56.3 Å². The molecule has 0 spiro atoms. The third-order valence-electron chi connectivity index (χ3n) is 4.84. The number of hydrogen-bond donors (Lipinski definition) is 2. The molecule has 2 N–H and O–H groups in total. The summed E-state index contributed by atoms with van der Waals surface area (Å²) in [5.74, 6) is 0.715. The molecule has 0 saturated carbocycles. The van der Waals surface area contributed by atoms with Crippen molar-refractivity contribution in [3.05, 3.63) is 89.6 Å². The molecule has 0 unspecified atom stereocenters. The number of ether oxygens (including phenoxy) is 1. The molecule has 1 aromatic heterocycles. The van der Waals surface area contributed by atoms with Gasteiger partial charge in [-0.3, -0.25) is 4.79 Å². The maximum Gasteiger partial charge on any atom is 0.269 e. The molecule has 0 atom stereocenters. The molecule has 4 nitrogen and oxygen atoms in total. The molecule has 5 heteroatoms. The van der Waals surface area contributed by atoms with Gasteiger partial charge in [-0.2, -0.15) is 0 Å². The second-order valence-corrected chi connectivity index (χ2v) is 8.87. The molecule has 0 aliphatic carbocycles. The Bertz CT molecular complexity index is 1180. The highest BCUT2D eigenvalue weighted by molar-refractivity contribution is 7.99. The molecule has 1 heterocycles. The smallest absolute Gasteiger partial charge is 0.269 e. The molecule has 0 bridgehead atoms. The lowest BCUT2D eigenvalue weighted by Crippen LogP contribution is -2.23. The fourth-order valence-electron chi connectivity index (χ4n) is 3.39. The Morgan fingerprint density at radius 1 is 1.03 bits per heavy atom. The highest BCUT2D eigenvalue weighted by atomic mass is 32.2. The average molecular weight is 431 g/mol. The number of benzene rings is 3. The van der Waals surface area contributed by atoms with Crippen molar-refractivity contribution in [3.63, 3.8) is 0 Å². The number of hydrogen-bond acceptors (Lipinski definition) is 3. The van der Waals surface area contributed by atoms with Gasteiger partial charge in [-0.25, -0.2) is 0 Å². The fourth-order valence-corrected chi connectivity index (χ4v) is 4.45. The molecule has 4 rings (SSSR count). The van der Waals surface area contributed by atoms with Crippen LogP contribution in [-0.4, -0.2) is 17.0 Å². The van der Waals surface area contributed by atoms with E-state index >= 15 is 0 Å². The van der Waals surface area contributed by atoms with Gasteiger partial charge < -0.3 is 15.0 Å². The zero-order valence-corrected chi connectivity index (χ0v) is 18.8. The van der Waals surface area contributed by atoms with E-state index < -0.39 is 0 Å². The van der Waals surface area contributed by atoms with Gasteiger partial charge >= 0.3 is 0 Å². The Hall–Kier alpha value is -3.18. The highest BCUT2D eigenvalue weighted by Crippen LogP contribution is 2.37. The Morgan fingerprint density at radius 2 is 1.77 bits per heavy atom. The van der Waals surface area contributed by atoms with Crippen LogP contribution in [0.25, 0.3) is 10.9 Å². The van der Waals surface area contributed by atoms with Crippen molar-refractivity contribution in [1.29, 1.82) is 0 Å². The number of aromatic amines is 1. The third kappa shape index (κ3) is 5.12. The van der Waals surface area contributed by atoms with E-state index in [1.54, 1.807) is 11.8 Å². The number of amides is 1. The zero-order valence-electron chi connectivity index (χ0n) is 17.9. The van der Waals surface area contributed by atoms with Crippen LogP contribution in [0.3, 0.4) is 0 Å².